The second-order valence-electron chi connectivity index (χ2n) is 3.94. The maximum absolute atomic E-state index is 5.81. The van der Waals surface area contributed by atoms with Crippen molar-refractivity contribution in [3.63, 3.8) is 0 Å². The van der Waals surface area contributed by atoms with E-state index in [2.05, 4.69) is 4.98 Å². The summed E-state index contributed by atoms with van der Waals surface area (Å²) in [7, 11) is 3.55. The number of aryl methyl sites for hydroxylation is 1. The van der Waals surface area contributed by atoms with E-state index in [-0.39, 0.29) is 0 Å². The van der Waals surface area contributed by atoms with Crippen molar-refractivity contribution in [2.45, 2.75) is 13.2 Å². The molecule has 0 aliphatic heterocycles. The fraction of sp³-hybridized carbons (Fsp3) is 0.308. The number of nitrogens with zero attached hydrogens (tertiary/aromatic N) is 2. The van der Waals surface area contributed by atoms with Crippen molar-refractivity contribution in [1.29, 1.82) is 0 Å². The smallest absolute Gasteiger partial charge is 0.166 e. The van der Waals surface area contributed by atoms with Crippen LogP contribution in [0.4, 0.5) is 0 Å². The molecule has 0 amide bonds. The summed E-state index contributed by atoms with van der Waals surface area (Å²) in [6, 6.07) is 5.69. The molecule has 0 aliphatic rings. The van der Waals surface area contributed by atoms with Gasteiger partial charge in [0.1, 0.15) is 6.61 Å². The van der Waals surface area contributed by atoms with Gasteiger partial charge in [-0.25, -0.2) is 4.98 Å². The highest BCUT2D eigenvalue weighted by molar-refractivity contribution is 5.46. The Balaban J connectivity index is 2.20. The summed E-state index contributed by atoms with van der Waals surface area (Å²) in [5.74, 6) is 1.39. The number of methoxy groups -OCH3 is 1. The molecular formula is C13H17N3O2. The molecule has 96 valence electrons. The summed E-state index contributed by atoms with van der Waals surface area (Å²) in [5.41, 5.74) is 7.62. The quantitative estimate of drug-likeness (QED) is 0.869. The van der Waals surface area contributed by atoms with E-state index >= 15 is 0 Å². The molecule has 2 rings (SSSR count). The van der Waals surface area contributed by atoms with E-state index < -0.39 is 0 Å². The molecule has 0 spiro atoms. The molecule has 0 fully saturated rings. The van der Waals surface area contributed by atoms with Gasteiger partial charge in [0.25, 0.3) is 0 Å². The molecule has 2 N–H and O–H groups in total. The minimum absolute atomic E-state index is 0.415. The summed E-state index contributed by atoms with van der Waals surface area (Å²) in [6.07, 6.45) is 3.52. The summed E-state index contributed by atoms with van der Waals surface area (Å²) in [6.45, 7) is 0.849. The van der Waals surface area contributed by atoms with Gasteiger partial charge in [-0.15, -0.1) is 0 Å². The molecule has 0 atom stereocenters. The topological polar surface area (TPSA) is 62.3 Å². The van der Waals surface area contributed by atoms with Gasteiger partial charge in [-0.2, -0.15) is 0 Å². The molecule has 0 bridgehead atoms. The largest absolute Gasteiger partial charge is 0.493 e. The summed E-state index contributed by atoms with van der Waals surface area (Å²) in [4.78, 5) is 4.05. The van der Waals surface area contributed by atoms with E-state index in [1.807, 2.05) is 29.8 Å². The maximum atomic E-state index is 5.81. The van der Waals surface area contributed by atoms with E-state index in [0.717, 1.165) is 11.3 Å². The molecular weight excluding hydrogens is 230 g/mol. The highest BCUT2D eigenvalue weighted by atomic mass is 16.5. The van der Waals surface area contributed by atoms with Gasteiger partial charge in [-0.3, -0.25) is 0 Å². The molecule has 1 aromatic heterocycles. The van der Waals surface area contributed by atoms with Crippen molar-refractivity contribution >= 4 is 0 Å². The molecule has 0 saturated carbocycles. The number of benzene rings is 1. The van der Waals surface area contributed by atoms with Crippen molar-refractivity contribution in [2.24, 2.45) is 12.8 Å². The lowest BCUT2D eigenvalue weighted by molar-refractivity contribution is 0.274. The number of para-hydroxylation sites is 1. The van der Waals surface area contributed by atoms with Gasteiger partial charge < -0.3 is 19.8 Å². The fourth-order valence-electron chi connectivity index (χ4n) is 1.72. The van der Waals surface area contributed by atoms with Crippen molar-refractivity contribution < 1.29 is 9.47 Å². The van der Waals surface area contributed by atoms with Crippen LogP contribution < -0.4 is 15.2 Å². The summed E-state index contributed by atoms with van der Waals surface area (Å²) < 4.78 is 13.0. The molecule has 5 heteroatoms. The lowest BCUT2D eigenvalue weighted by atomic mass is 10.2. The Bertz CT molecular complexity index is 500. The highest BCUT2D eigenvalue weighted by Gasteiger charge is 2.10. The van der Waals surface area contributed by atoms with Gasteiger partial charge in [0.2, 0.25) is 0 Å². The minimum Gasteiger partial charge on any atom is -0.493 e. The molecule has 2 aromatic rings. The maximum Gasteiger partial charge on any atom is 0.166 e. The van der Waals surface area contributed by atoms with Crippen LogP contribution in [0.15, 0.2) is 30.7 Å². The Morgan fingerprint density at radius 3 is 2.83 bits per heavy atom. The van der Waals surface area contributed by atoms with E-state index in [1.165, 1.54) is 0 Å². The van der Waals surface area contributed by atoms with Gasteiger partial charge in [0, 0.05) is 19.2 Å². The monoisotopic (exact) mass is 247 g/mol. The molecule has 0 saturated heterocycles. The first-order valence-corrected chi connectivity index (χ1v) is 5.70. The summed E-state index contributed by atoms with van der Waals surface area (Å²) in [5, 5.41) is 0. The van der Waals surface area contributed by atoms with Gasteiger partial charge in [0.15, 0.2) is 11.5 Å². The zero-order valence-electron chi connectivity index (χ0n) is 10.6. The first-order chi connectivity index (χ1) is 8.76. The highest BCUT2D eigenvalue weighted by Crippen LogP contribution is 2.31. The van der Waals surface area contributed by atoms with Crippen LogP contribution in [0.25, 0.3) is 0 Å². The van der Waals surface area contributed by atoms with Gasteiger partial charge in [0.05, 0.1) is 25.3 Å². The molecule has 1 aromatic carbocycles. The van der Waals surface area contributed by atoms with E-state index in [4.69, 9.17) is 15.2 Å². The number of aromatic nitrogens is 2. The van der Waals surface area contributed by atoms with Gasteiger partial charge in [-0.05, 0) is 6.07 Å². The summed E-state index contributed by atoms with van der Waals surface area (Å²) >= 11 is 0. The normalized spacial score (nSPS) is 10.4. The predicted octanol–water partition coefficient (Wildman–Crippen LogP) is 1.47. The van der Waals surface area contributed by atoms with Crippen LogP contribution in [0.3, 0.4) is 0 Å². The lowest BCUT2D eigenvalue weighted by Gasteiger charge is -2.14. The number of rotatable bonds is 5. The van der Waals surface area contributed by atoms with Gasteiger partial charge in [-0.1, -0.05) is 12.1 Å². The van der Waals surface area contributed by atoms with Crippen molar-refractivity contribution in [3.05, 3.63) is 42.0 Å². The van der Waals surface area contributed by atoms with Crippen LogP contribution in [0.5, 0.6) is 11.5 Å². The molecule has 1 heterocycles. The lowest BCUT2D eigenvalue weighted by Crippen LogP contribution is -2.06. The van der Waals surface area contributed by atoms with E-state index in [0.29, 0.717) is 24.7 Å². The second kappa shape index (κ2) is 5.55. The van der Waals surface area contributed by atoms with Crippen LogP contribution in [0.1, 0.15) is 11.3 Å². The Morgan fingerprint density at radius 1 is 1.39 bits per heavy atom. The number of nitrogens with two attached hydrogens (primary N) is 1. The fourth-order valence-corrected chi connectivity index (χ4v) is 1.72. The van der Waals surface area contributed by atoms with Crippen LogP contribution >= 0.6 is 0 Å². The molecule has 18 heavy (non-hydrogen) atoms. The van der Waals surface area contributed by atoms with E-state index in [9.17, 15) is 0 Å². The van der Waals surface area contributed by atoms with Crippen molar-refractivity contribution in [2.75, 3.05) is 7.11 Å². The third-order valence-corrected chi connectivity index (χ3v) is 2.78. The number of ether oxygens (including phenoxy) is 2. The average Bonchev–Trinajstić information content (AvgIpc) is 2.81. The van der Waals surface area contributed by atoms with Crippen molar-refractivity contribution in [1.82, 2.24) is 9.55 Å². The molecule has 0 radical (unpaired) electrons. The zero-order valence-corrected chi connectivity index (χ0v) is 10.6. The second-order valence-corrected chi connectivity index (χ2v) is 3.94. The van der Waals surface area contributed by atoms with Crippen LogP contribution in [-0.2, 0) is 20.2 Å². The first kappa shape index (κ1) is 12.4. The zero-order chi connectivity index (χ0) is 13.0. The molecule has 5 nitrogen and oxygen atoms in total. The third kappa shape index (κ3) is 2.46. The minimum atomic E-state index is 0.415. The van der Waals surface area contributed by atoms with Crippen LogP contribution in [0, 0.1) is 0 Å². The molecule has 0 unspecified atom stereocenters. The van der Waals surface area contributed by atoms with Gasteiger partial charge >= 0.3 is 0 Å². The predicted molar refractivity (Wildman–Crippen MR) is 68.4 cm³/mol. The Hall–Kier alpha value is -2.01. The first-order valence-electron chi connectivity index (χ1n) is 5.70. The number of imidazole rings is 1. The van der Waals surface area contributed by atoms with Crippen LogP contribution in [0.2, 0.25) is 0 Å². The molecule has 0 aliphatic carbocycles. The Kier molecular flexibility index (Phi) is 3.84. The SMILES string of the molecule is COc1cccc(CN)c1OCc1cncn1C. The Morgan fingerprint density at radius 2 is 2.22 bits per heavy atom. The third-order valence-electron chi connectivity index (χ3n) is 2.78. The Labute approximate surface area is 106 Å². The standard InChI is InChI=1S/C13H17N3O2/c1-16-9-15-7-11(16)8-18-13-10(6-14)4-3-5-12(13)17-2/h3-5,7,9H,6,8,14H2,1-2H3. The van der Waals surface area contributed by atoms with Crippen molar-refractivity contribution in [3.8, 4) is 11.5 Å². The number of hydrogen-bond donors (Lipinski definition) is 1. The average molecular weight is 247 g/mol. The van der Waals surface area contributed by atoms with E-state index in [1.54, 1.807) is 19.6 Å². The number of hydrogen-bond acceptors (Lipinski definition) is 4. The van der Waals surface area contributed by atoms with Crippen LogP contribution in [-0.4, -0.2) is 16.7 Å².